The van der Waals surface area contributed by atoms with Crippen LogP contribution >= 0.6 is 11.6 Å². The van der Waals surface area contributed by atoms with E-state index in [9.17, 15) is 8.42 Å². The van der Waals surface area contributed by atoms with Gasteiger partial charge in [-0.2, -0.15) is 0 Å². The molecule has 0 heterocycles. The van der Waals surface area contributed by atoms with Crippen molar-refractivity contribution >= 4 is 27.1 Å². The Morgan fingerprint density at radius 3 is 2.60 bits per heavy atom. The normalized spacial score (nSPS) is 13.8. The quantitative estimate of drug-likeness (QED) is 0.835. The third kappa shape index (κ3) is 2.44. The van der Waals surface area contributed by atoms with Crippen LogP contribution in [0.3, 0.4) is 0 Å². The highest BCUT2D eigenvalue weighted by atomic mass is 35.5. The number of nitrogen functional groups attached to an aromatic ring is 1. The summed E-state index contributed by atoms with van der Waals surface area (Å²) in [4.78, 5) is 0.124. The number of benzene rings is 1. The van der Waals surface area contributed by atoms with Crippen molar-refractivity contribution in [3.63, 3.8) is 0 Å². The standard InChI is InChI=1S/C10H14ClNO2S/c1-3-7(2)15(13,14)10-6-8(12)4-5-9(10)11/h4-7H,3,12H2,1-2H3. The van der Waals surface area contributed by atoms with Crippen LogP contribution < -0.4 is 5.73 Å². The zero-order valence-corrected chi connectivity index (χ0v) is 10.3. The highest BCUT2D eigenvalue weighted by molar-refractivity contribution is 7.92. The first kappa shape index (κ1) is 12.3. The molecule has 1 atom stereocenters. The number of anilines is 1. The van der Waals surface area contributed by atoms with Gasteiger partial charge in [-0.15, -0.1) is 0 Å². The molecule has 15 heavy (non-hydrogen) atoms. The maximum Gasteiger partial charge on any atom is 0.182 e. The van der Waals surface area contributed by atoms with E-state index in [-0.39, 0.29) is 9.92 Å². The molecule has 1 aromatic rings. The largest absolute Gasteiger partial charge is 0.399 e. The Morgan fingerprint density at radius 1 is 1.47 bits per heavy atom. The van der Waals surface area contributed by atoms with E-state index in [0.29, 0.717) is 12.1 Å². The van der Waals surface area contributed by atoms with Crippen LogP contribution in [-0.2, 0) is 9.84 Å². The zero-order valence-electron chi connectivity index (χ0n) is 8.70. The molecule has 0 spiro atoms. The van der Waals surface area contributed by atoms with E-state index in [4.69, 9.17) is 17.3 Å². The summed E-state index contributed by atoms with van der Waals surface area (Å²) in [6.45, 7) is 3.48. The lowest BCUT2D eigenvalue weighted by Crippen LogP contribution is -2.17. The molecule has 0 radical (unpaired) electrons. The molecule has 0 amide bonds. The van der Waals surface area contributed by atoms with Crippen LogP contribution in [-0.4, -0.2) is 13.7 Å². The molecule has 5 heteroatoms. The molecule has 0 saturated carbocycles. The first-order valence-corrected chi connectivity index (χ1v) is 6.61. The lowest BCUT2D eigenvalue weighted by atomic mass is 10.3. The zero-order chi connectivity index (χ0) is 11.6. The van der Waals surface area contributed by atoms with Crippen molar-refractivity contribution in [1.82, 2.24) is 0 Å². The SMILES string of the molecule is CCC(C)S(=O)(=O)c1cc(N)ccc1Cl. The molecule has 1 rings (SSSR count). The van der Waals surface area contributed by atoms with Gasteiger partial charge in [0.25, 0.3) is 0 Å². The van der Waals surface area contributed by atoms with Crippen molar-refractivity contribution in [3.8, 4) is 0 Å². The molecular weight excluding hydrogens is 234 g/mol. The Bertz CT molecular complexity index is 456. The Hall–Kier alpha value is -0.740. The molecule has 1 unspecified atom stereocenters. The fourth-order valence-corrected chi connectivity index (χ4v) is 3.13. The second kappa shape index (κ2) is 4.41. The minimum atomic E-state index is -3.35. The second-order valence-electron chi connectivity index (χ2n) is 3.45. The van der Waals surface area contributed by atoms with Gasteiger partial charge in [-0.05, 0) is 31.5 Å². The summed E-state index contributed by atoms with van der Waals surface area (Å²) in [5, 5.41) is -0.221. The van der Waals surface area contributed by atoms with E-state index in [1.807, 2.05) is 6.92 Å². The van der Waals surface area contributed by atoms with Crippen LogP contribution in [0.2, 0.25) is 5.02 Å². The second-order valence-corrected chi connectivity index (χ2v) is 6.20. The average Bonchev–Trinajstić information content (AvgIpc) is 2.20. The number of hydrogen-bond acceptors (Lipinski definition) is 3. The molecule has 3 nitrogen and oxygen atoms in total. The monoisotopic (exact) mass is 247 g/mol. The summed E-state index contributed by atoms with van der Waals surface area (Å²) in [6.07, 6.45) is 0.549. The fraction of sp³-hybridized carbons (Fsp3) is 0.400. The minimum absolute atomic E-state index is 0.124. The molecular formula is C10H14ClNO2S. The summed E-state index contributed by atoms with van der Waals surface area (Å²) in [6, 6.07) is 4.49. The van der Waals surface area contributed by atoms with Crippen LogP contribution in [0.25, 0.3) is 0 Å². The Balaban J connectivity index is 3.33. The van der Waals surface area contributed by atoms with Crippen LogP contribution in [0.1, 0.15) is 20.3 Å². The smallest absolute Gasteiger partial charge is 0.182 e. The van der Waals surface area contributed by atoms with Crippen molar-refractivity contribution in [2.24, 2.45) is 0 Å². The van der Waals surface area contributed by atoms with Gasteiger partial charge in [0, 0.05) is 5.69 Å². The van der Waals surface area contributed by atoms with Crippen LogP contribution in [0.15, 0.2) is 23.1 Å². The van der Waals surface area contributed by atoms with Crippen molar-refractivity contribution in [2.75, 3.05) is 5.73 Å². The average molecular weight is 248 g/mol. The van der Waals surface area contributed by atoms with Crippen LogP contribution in [0.5, 0.6) is 0 Å². The van der Waals surface area contributed by atoms with Gasteiger partial charge in [0.1, 0.15) is 0 Å². The van der Waals surface area contributed by atoms with Gasteiger partial charge in [0.15, 0.2) is 9.84 Å². The Labute approximate surface area is 95.2 Å². The molecule has 0 aliphatic heterocycles. The molecule has 0 aliphatic carbocycles. The highest BCUT2D eigenvalue weighted by Gasteiger charge is 2.24. The molecule has 0 bridgehead atoms. The van der Waals surface area contributed by atoms with E-state index < -0.39 is 15.1 Å². The van der Waals surface area contributed by atoms with Gasteiger partial charge in [-0.3, -0.25) is 0 Å². The summed E-state index contributed by atoms with van der Waals surface area (Å²) in [7, 11) is -3.35. The number of rotatable bonds is 3. The number of nitrogens with two attached hydrogens (primary N) is 1. The summed E-state index contributed by atoms with van der Waals surface area (Å²) < 4.78 is 24.0. The first-order valence-electron chi connectivity index (χ1n) is 4.68. The van der Waals surface area contributed by atoms with E-state index >= 15 is 0 Å². The van der Waals surface area contributed by atoms with E-state index in [1.54, 1.807) is 13.0 Å². The molecule has 0 fully saturated rings. The third-order valence-electron chi connectivity index (χ3n) is 2.37. The Morgan fingerprint density at radius 2 is 2.07 bits per heavy atom. The molecule has 0 saturated heterocycles. The lowest BCUT2D eigenvalue weighted by molar-refractivity contribution is 0.581. The van der Waals surface area contributed by atoms with Crippen molar-refractivity contribution in [3.05, 3.63) is 23.2 Å². The molecule has 2 N–H and O–H groups in total. The topological polar surface area (TPSA) is 60.2 Å². The molecule has 0 aromatic heterocycles. The molecule has 0 aliphatic rings. The third-order valence-corrected chi connectivity index (χ3v) is 5.15. The van der Waals surface area contributed by atoms with Gasteiger partial charge >= 0.3 is 0 Å². The predicted octanol–water partition coefficient (Wildman–Crippen LogP) is 2.49. The van der Waals surface area contributed by atoms with Crippen molar-refractivity contribution in [2.45, 2.75) is 30.4 Å². The van der Waals surface area contributed by atoms with Crippen molar-refractivity contribution in [1.29, 1.82) is 0 Å². The summed E-state index contributed by atoms with van der Waals surface area (Å²) >= 11 is 5.85. The maximum absolute atomic E-state index is 12.0. The summed E-state index contributed by atoms with van der Waals surface area (Å²) in [5.41, 5.74) is 5.95. The predicted molar refractivity (Wildman–Crippen MR) is 62.8 cm³/mol. The molecule has 1 aromatic carbocycles. The number of hydrogen-bond donors (Lipinski definition) is 1. The fourth-order valence-electron chi connectivity index (χ4n) is 1.17. The van der Waals surface area contributed by atoms with Crippen LogP contribution in [0, 0.1) is 0 Å². The van der Waals surface area contributed by atoms with Gasteiger partial charge in [-0.25, -0.2) is 8.42 Å². The van der Waals surface area contributed by atoms with Gasteiger partial charge in [-0.1, -0.05) is 18.5 Å². The molecule has 84 valence electrons. The summed E-state index contributed by atoms with van der Waals surface area (Å²) in [5.74, 6) is 0. The van der Waals surface area contributed by atoms with Crippen molar-refractivity contribution < 1.29 is 8.42 Å². The number of sulfone groups is 1. The maximum atomic E-state index is 12.0. The van der Waals surface area contributed by atoms with Gasteiger partial charge in [0.05, 0.1) is 15.2 Å². The lowest BCUT2D eigenvalue weighted by Gasteiger charge is -2.12. The Kier molecular flexibility index (Phi) is 3.62. The van der Waals surface area contributed by atoms with E-state index in [1.165, 1.54) is 12.1 Å². The van der Waals surface area contributed by atoms with Gasteiger partial charge in [0.2, 0.25) is 0 Å². The van der Waals surface area contributed by atoms with Crippen LogP contribution in [0.4, 0.5) is 5.69 Å². The highest BCUT2D eigenvalue weighted by Crippen LogP contribution is 2.27. The van der Waals surface area contributed by atoms with Gasteiger partial charge < -0.3 is 5.73 Å². The van der Waals surface area contributed by atoms with E-state index in [0.717, 1.165) is 0 Å². The number of halogens is 1. The van der Waals surface area contributed by atoms with E-state index in [2.05, 4.69) is 0 Å². The minimum Gasteiger partial charge on any atom is -0.399 e. The first-order chi connectivity index (χ1) is 6.89.